The van der Waals surface area contributed by atoms with Crippen LogP contribution in [0.25, 0.3) is 6.08 Å². The number of hydrogen-bond acceptors (Lipinski definition) is 1. The Morgan fingerprint density at radius 2 is 2.38 bits per heavy atom. The number of benzene rings is 1. The van der Waals surface area contributed by atoms with Crippen LogP contribution in [0.5, 0.6) is 0 Å². The summed E-state index contributed by atoms with van der Waals surface area (Å²) in [6.45, 7) is 5.77. The van der Waals surface area contributed by atoms with Gasteiger partial charge in [0.05, 0.1) is 0 Å². The average Bonchev–Trinajstić information content (AvgIpc) is 2.15. The van der Waals surface area contributed by atoms with Crippen molar-refractivity contribution < 1.29 is 4.79 Å². The van der Waals surface area contributed by atoms with E-state index in [4.69, 9.17) is 0 Å². The van der Waals surface area contributed by atoms with Gasteiger partial charge in [0, 0.05) is 13.5 Å². The van der Waals surface area contributed by atoms with E-state index in [1.807, 2.05) is 24.3 Å². The summed E-state index contributed by atoms with van der Waals surface area (Å²) in [7, 11) is 0. The number of amides is 1. The largest absolute Gasteiger partial charge is 0.352 e. The van der Waals surface area contributed by atoms with Crippen molar-refractivity contribution in [3.63, 3.8) is 0 Å². The Labute approximate surface area is 78.3 Å². The highest BCUT2D eigenvalue weighted by Gasteiger charge is 1.94. The highest BCUT2D eigenvalue weighted by atomic mass is 16.1. The first-order chi connectivity index (χ1) is 6.22. The van der Waals surface area contributed by atoms with E-state index in [9.17, 15) is 4.79 Å². The lowest BCUT2D eigenvalue weighted by Gasteiger charge is -2.02. The fourth-order valence-corrected chi connectivity index (χ4v) is 1.06. The molecule has 2 heteroatoms. The van der Waals surface area contributed by atoms with E-state index in [1.54, 1.807) is 6.08 Å². The van der Waals surface area contributed by atoms with Crippen molar-refractivity contribution in [3.05, 3.63) is 42.0 Å². The molecule has 68 valence electrons. The van der Waals surface area contributed by atoms with Crippen LogP contribution in [-0.4, -0.2) is 5.91 Å². The van der Waals surface area contributed by atoms with Crippen molar-refractivity contribution in [2.45, 2.75) is 13.5 Å². The van der Waals surface area contributed by atoms with Crippen molar-refractivity contribution in [1.29, 1.82) is 0 Å². The van der Waals surface area contributed by atoms with Gasteiger partial charge in [-0.2, -0.15) is 0 Å². The van der Waals surface area contributed by atoms with E-state index in [0.717, 1.165) is 11.1 Å². The number of carbonyl (C=O) groups excluding carboxylic acids is 1. The molecule has 0 aromatic heterocycles. The summed E-state index contributed by atoms with van der Waals surface area (Å²) in [6.07, 6.45) is 1.79. The quantitative estimate of drug-likeness (QED) is 0.747. The lowest BCUT2D eigenvalue weighted by atomic mass is 10.1. The molecule has 0 aliphatic heterocycles. The first-order valence-electron chi connectivity index (χ1n) is 4.18. The summed E-state index contributed by atoms with van der Waals surface area (Å²) in [5, 5.41) is 2.74. The van der Waals surface area contributed by atoms with Gasteiger partial charge in [-0.15, -0.1) is 0 Å². The zero-order valence-corrected chi connectivity index (χ0v) is 7.71. The van der Waals surface area contributed by atoms with Crippen molar-refractivity contribution in [3.8, 4) is 0 Å². The fourth-order valence-electron chi connectivity index (χ4n) is 1.06. The van der Waals surface area contributed by atoms with E-state index in [-0.39, 0.29) is 5.91 Å². The molecular weight excluding hydrogens is 162 g/mol. The van der Waals surface area contributed by atoms with Crippen LogP contribution in [0, 0.1) is 0 Å². The van der Waals surface area contributed by atoms with Gasteiger partial charge >= 0.3 is 0 Å². The first-order valence-corrected chi connectivity index (χ1v) is 4.18. The number of nitrogens with one attached hydrogen (secondary N) is 1. The maximum Gasteiger partial charge on any atom is 0.217 e. The minimum absolute atomic E-state index is 0.0102. The molecule has 1 N–H and O–H groups in total. The summed E-state index contributed by atoms with van der Waals surface area (Å²) in [6, 6.07) is 7.91. The minimum Gasteiger partial charge on any atom is -0.352 e. The molecule has 0 bridgehead atoms. The van der Waals surface area contributed by atoms with Gasteiger partial charge < -0.3 is 5.32 Å². The number of carbonyl (C=O) groups is 1. The van der Waals surface area contributed by atoms with Crippen molar-refractivity contribution >= 4 is 12.0 Å². The Hall–Kier alpha value is -1.57. The van der Waals surface area contributed by atoms with Crippen molar-refractivity contribution in [2.75, 3.05) is 0 Å². The summed E-state index contributed by atoms with van der Waals surface area (Å²) >= 11 is 0. The second-order valence-corrected chi connectivity index (χ2v) is 2.86. The van der Waals surface area contributed by atoms with E-state index in [1.165, 1.54) is 6.92 Å². The summed E-state index contributed by atoms with van der Waals surface area (Å²) in [5.74, 6) is -0.0102. The second kappa shape index (κ2) is 4.45. The van der Waals surface area contributed by atoms with Crippen LogP contribution in [0.15, 0.2) is 30.8 Å². The SMILES string of the molecule is C=Cc1cccc(CNC(C)=O)c1. The summed E-state index contributed by atoms with van der Waals surface area (Å²) in [5.41, 5.74) is 2.16. The molecule has 0 atom stereocenters. The van der Waals surface area contributed by atoms with Crippen LogP contribution < -0.4 is 5.32 Å². The smallest absolute Gasteiger partial charge is 0.217 e. The Bertz CT molecular complexity index is 318. The molecule has 0 spiro atoms. The molecule has 0 aliphatic rings. The summed E-state index contributed by atoms with van der Waals surface area (Å²) < 4.78 is 0. The van der Waals surface area contributed by atoms with E-state index in [2.05, 4.69) is 11.9 Å². The molecule has 0 aliphatic carbocycles. The molecule has 0 saturated carbocycles. The van der Waals surface area contributed by atoms with Gasteiger partial charge in [-0.3, -0.25) is 4.79 Å². The van der Waals surface area contributed by atoms with Crippen LogP contribution in [0.1, 0.15) is 18.1 Å². The Kier molecular flexibility index (Phi) is 3.26. The minimum atomic E-state index is -0.0102. The van der Waals surface area contributed by atoms with Gasteiger partial charge in [0.15, 0.2) is 0 Å². The highest BCUT2D eigenvalue weighted by molar-refractivity contribution is 5.72. The molecule has 1 aromatic rings. The Morgan fingerprint density at radius 1 is 1.62 bits per heavy atom. The van der Waals surface area contributed by atoms with Crippen LogP contribution in [0.4, 0.5) is 0 Å². The van der Waals surface area contributed by atoms with Crippen LogP contribution in [0.2, 0.25) is 0 Å². The molecule has 0 fully saturated rings. The van der Waals surface area contributed by atoms with E-state index in [0.29, 0.717) is 6.54 Å². The lowest BCUT2D eigenvalue weighted by Crippen LogP contribution is -2.18. The van der Waals surface area contributed by atoms with E-state index >= 15 is 0 Å². The fraction of sp³-hybridized carbons (Fsp3) is 0.182. The van der Waals surface area contributed by atoms with Gasteiger partial charge in [0.25, 0.3) is 0 Å². The Morgan fingerprint density at radius 3 is 3.00 bits per heavy atom. The van der Waals surface area contributed by atoms with Gasteiger partial charge in [-0.05, 0) is 17.2 Å². The molecule has 1 amide bonds. The summed E-state index contributed by atoms with van der Waals surface area (Å²) in [4.78, 5) is 10.6. The molecule has 0 unspecified atom stereocenters. The topological polar surface area (TPSA) is 29.1 Å². The third kappa shape index (κ3) is 3.11. The zero-order chi connectivity index (χ0) is 9.68. The highest BCUT2D eigenvalue weighted by Crippen LogP contribution is 2.05. The molecule has 0 radical (unpaired) electrons. The maximum atomic E-state index is 10.6. The molecule has 0 heterocycles. The molecule has 2 nitrogen and oxygen atoms in total. The maximum absolute atomic E-state index is 10.6. The normalized spacial score (nSPS) is 9.31. The monoisotopic (exact) mass is 175 g/mol. The third-order valence-electron chi connectivity index (χ3n) is 1.73. The molecule has 1 rings (SSSR count). The number of rotatable bonds is 3. The standard InChI is InChI=1S/C11H13NO/c1-3-10-5-4-6-11(7-10)8-12-9(2)13/h3-7H,1,8H2,2H3,(H,12,13). The van der Waals surface area contributed by atoms with Gasteiger partial charge in [0.1, 0.15) is 0 Å². The molecule has 0 saturated heterocycles. The second-order valence-electron chi connectivity index (χ2n) is 2.86. The third-order valence-corrected chi connectivity index (χ3v) is 1.73. The van der Waals surface area contributed by atoms with E-state index < -0.39 is 0 Å². The zero-order valence-electron chi connectivity index (χ0n) is 7.71. The molecule has 1 aromatic carbocycles. The first kappa shape index (κ1) is 9.52. The van der Waals surface area contributed by atoms with Crippen molar-refractivity contribution in [1.82, 2.24) is 5.32 Å². The lowest BCUT2D eigenvalue weighted by molar-refractivity contribution is -0.119. The van der Waals surface area contributed by atoms with Crippen LogP contribution >= 0.6 is 0 Å². The Balaban J connectivity index is 2.66. The average molecular weight is 175 g/mol. The van der Waals surface area contributed by atoms with Gasteiger partial charge in [-0.25, -0.2) is 0 Å². The molecule has 13 heavy (non-hydrogen) atoms. The van der Waals surface area contributed by atoms with Crippen LogP contribution in [-0.2, 0) is 11.3 Å². The van der Waals surface area contributed by atoms with Gasteiger partial charge in [0.2, 0.25) is 5.91 Å². The van der Waals surface area contributed by atoms with Crippen molar-refractivity contribution in [2.24, 2.45) is 0 Å². The predicted octanol–water partition coefficient (Wildman–Crippen LogP) is 1.97. The number of hydrogen-bond donors (Lipinski definition) is 1. The van der Waals surface area contributed by atoms with Gasteiger partial charge in [-0.1, -0.05) is 30.9 Å². The predicted molar refractivity (Wildman–Crippen MR) is 54.1 cm³/mol. The van der Waals surface area contributed by atoms with Crippen LogP contribution in [0.3, 0.4) is 0 Å². The molecular formula is C11H13NO.